The molecule has 0 aliphatic heterocycles. The van der Waals surface area contributed by atoms with Crippen molar-refractivity contribution in [2.75, 3.05) is 6.54 Å². The molecular weight excluding hydrogens is 196 g/mol. The van der Waals surface area contributed by atoms with Gasteiger partial charge in [-0.15, -0.1) is 0 Å². The van der Waals surface area contributed by atoms with Crippen molar-refractivity contribution in [3.05, 3.63) is 0 Å². The third-order valence-corrected chi connectivity index (χ3v) is 4.08. The first kappa shape index (κ1) is 13.5. The Labute approximate surface area is 100 Å². The van der Waals surface area contributed by atoms with Crippen molar-refractivity contribution < 1.29 is 0 Å². The van der Waals surface area contributed by atoms with Crippen LogP contribution in [-0.2, 0) is 0 Å². The van der Waals surface area contributed by atoms with Gasteiger partial charge in [0.05, 0.1) is 11.5 Å². The van der Waals surface area contributed by atoms with Crippen LogP contribution in [0.3, 0.4) is 0 Å². The summed E-state index contributed by atoms with van der Waals surface area (Å²) in [6, 6.07) is 3.04. The quantitative estimate of drug-likeness (QED) is 0.792. The number of nitriles is 1. The van der Waals surface area contributed by atoms with Crippen molar-refractivity contribution >= 4 is 0 Å². The van der Waals surface area contributed by atoms with Crippen LogP contribution in [0.25, 0.3) is 0 Å². The Balaban J connectivity index is 2.22. The molecule has 1 aliphatic rings. The maximum absolute atomic E-state index is 8.93. The van der Waals surface area contributed by atoms with Crippen LogP contribution >= 0.6 is 0 Å². The zero-order chi connectivity index (χ0) is 12.2. The fourth-order valence-corrected chi connectivity index (χ4v) is 2.38. The topological polar surface area (TPSA) is 35.8 Å². The average Bonchev–Trinajstić information content (AvgIpc) is 2.23. The van der Waals surface area contributed by atoms with Crippen LogP contribution in [0, 0.1) is 28.6 Å². The van der Waals surface area contributed by atoms with Crippen molar-refractivity contribution in [3.63, 3.8) is 0 Å². The predicted octanol–water partition coefficient (Wildman–Crippen LogP) is 3.34. The average molecular weight is 222 g/mol. The van der Waals surface area contributed by atoms with Crippen LogP contribution in [0.5, 0.6) is 0 Å². The smallest absolute Gasteiger partial charge is 0.0684 e. The van der Waals surface area contributed by atoms with Gasteiger partial charge in [-0.1, -0.05) is 13.8 Å². The molecule has 0 radical (unpaired) electrons. The van der Waals surface area contributed by atoms with E-state index in [9.17, 15) is 0 Å². The summed E-state index contributed by atoms with van der Waals surface area (Å²) >= 11 is 0. The molecule has 0 bridgehead atoms. The van der Waals surface area contributed by atoms with Gasteiger partial charge in [-0.25, -0.2) is 0 Å². The Morgan fingerprint density at radius 1 is 1.25 bits per heavy atom. The molecule has 1 fully saturated rings. The highest BCUT2D eigenvalue weighted by molar-refractivity contribution is 4.92. The first-order valence-electron chi connectivity index (χ1n) is 6.59. The number of hydrogen-bond acceptors (Lipinski definition) is 2. The summed E-state index contributed by atoms with van der Waals surface area (Å²) in [5.41, 5.74) is -0.180. The van der Waals surface area contributed by atoms with E-state index in [4.69, 9.17) is 5.26 Å². The van der Waals surface area contributed by atoms with Crippen LogP contribution in [0.2, 0.25) is 0 Å². The second-order valence-electron chi connectivity index (χ2n) is 6.16. The van der Waals surface area contributed by atoms with Crippen molar-refractivity contribution in [3.8, 4) is 6.07 Å². The Morgan fingerprint density at radius 3 is 2.50 bits per heavy atom. The van der Waals surface area contributed by atoms with Crippen molar-refractivity contribution in [2.24, 2.45) is 17.3 Å². The zero-order valence-electron chi connectivity index (χ0n) is 11.2. The van der Waals surface area contributed by atoms with Crippen LogP contribution in [0.4, 0.5) is 0 Å². The van der Waals surface area contributed by atoms with Crippen LogP contribution < -0.4 is 5.32 Å². The van der Waals surface area contributed by atoms with Gasteiger partial charge in [-0.2, -0.15) is 5.26 Å². The predicted molar refractivity (Wildman–Crippen MR) is 68.0 cm³/mol. The maximum atomic E-state index is 8.93. The molecule has 16 heavy (non-hydrogen) atoms. The summed E-state index contributed by atoms with van der Waals surface area (Å²) in [7, 11) is 0. The molecule has 0 spiro atoms. The molecule has 0 aromatic heterocycles. The second-order valence-corrected chi connectivity index (χ2v) is 6.16. The van der Waals surface area contributed by atoms with E-state index in [0.29, 0.717) is 6.04 Å². The third-order valence-electron chi connectivity index (χ3n) is 4.08. The Kier molecular flexibility index (Phi) is 4.80. The summed E-state index contributed by atoms with van der Waals surface area (Å²) in [5.74, 6) is 1.73. The van der Waals surface area contributed by atoms with Gasteiger partial charge in [-0.05, 0) is 57.9 Å². The minimum absolute atomic E-state index is 0.180. The lowest BCUT2D eigenvalue weighted by atomic mass is 9.79. The van der Waals surface area contributed by atoms with Gasteiger partial charge in [0.25, 0.3) is 0 Å². The number of nitrogens with one attached hydrogen (secondary N) is 1. The molecule has 0 aromatic rings. The van der Waals surface area contributed by atoms with Crippen LogP contribution in [0.1, 0.15) is 53.4 Å². The molecule has 92 valence electrons. The maximum Gasteiger partial charge on any atom is 0.0684 e. The lowest BCUT2D eigenvalue weighted by molar-refractivity contribution is 0.223. The van der Waals surface area contributed by atoms with E-state index in [1.807, 2.05) is 13.8 Å². The number of rotatable bonds is 4. The molecule has 0 saturated heterocycles. The highest BCUT2D eigenvalue weighted by Crippen LogP contribution is 2.29. The summed E-state index contributed by atoms with van der Waals surface area (Å²) < 4.78 is 0. The summed E-state index contributed by atoms with van der Waals surface area (Å²) in [6.07, 6.45) is 4.90. The fraction of sp³-hybridized carbons (Fsp3) is 0.929. The molecule has 2 nitrogen and oxygen atoms in total. The molecule has 3 atom stereocenters. The molecule has 3 unspecified atom stereocenters. The Hall–Kier alpha value is -0.550. The standard InChI is InChI=1S/C14H26N2/c1-11-5-6-13(9-12(11)2)16-8-7-14(3,4)10-15/h11-13,16H,5-9H2,1-4H3. The number of hydrogen-bond donors (Lipinski definition) is 1. The number of nitrogens with zero attached hydrogens (tertiary/aromatic N) is 1. The van der Waals surface area contributed by atoms with E-state index < -0.39 is 0 Å². The SMILES string of the molecule is CC1CCC(NCCC(C)(C)C#N)CC1C. The lowest BCUT2D eigenvalue weighted by Crippen LogP contribution is -2.37. The van der Waals surface area contributed by atoms with Gasteiger partial charge in [0.2, 0.25) is 0 Å². The van der Waals surface area contributed by atoms with Crippen molar-refractivity contribution in [2.45, 2.75) is 59.4 Å². The lowest BCUT2D eigenvalue weighted by Gasteiger charge is -2.33. The molecule has 1 aliphatic carbocycles. The van der Waals surface area contributed by atoms with Gasteiger partial charge in [0.15, 0.2) is 0 Å². The summed E-state index contributed by atoms with van der Waals surface area (Å²) in [6.45, 7) is 9.73. The van der Waals surface area contributed by atoms with Gasteiger partial charge in [0, 0.05) is 6.04 Å². The first-order valence-corrected chi connectivity index (χ1v) is 6.59. The monoisotopic (exact) mass is 222 g/mol. The molecule has 0 amide bonds. The molecule has 1 saturated carbocycles. The molecule has 0 heterocycles. The fourth-order valence-electron chi connectivity index (χ4n) is 2.38. The van der Waals surface area contributed by atoms with Crippen LogP contribution in [0.15, 0.2) is 0 Å². The molecule has 2 heteroatoms. The van der Waals surface area contributed by atoms with E-state index >= 15 is 0 Å². The summed E-state index contributed by atoms with van der Waals surface area (Å²) in [4.78, 5) is 0. The van der Waals surface area contributed by atoms with Gasteiger partial charge < -0.3 is 5.32 Å². The molecule has 1 N–H and O–H groups in total. The highest BCUT2D eigenvalue weighted by Gasteiger charge is 2.24. The van der Waals surface area contributed by atoms with E-state index in [0.717, 1.165) is 24.8 Å². The van der Waals surface area contributed by atoms with Crippen LogP contribution in [-0.4, -0.2) is 12.6 Å². The first-order chi connectivity index (χ1) is 7.44. The third kappa shape index (κ3) is 4.14. The minimum Gasteiger partial charge on any atom is -0.314 e. The van der Waals surface area contributed by atoms with Gasteiger partial charge in [0.1, 0.15) is 0 Å². The highest BCUT2D eigenvalue weighted by atomic mass is 14.9. The molecule has 0 aromatic carbocycles. The Bertz CT molecular complexity index is 252. The van der Waals surface area contributed by atoms with Gasteiger partial charge in [-0.3, -0.25) is 0 Å². The van der Waals surface area contributed by atoms with E-state index in [-0.39, 0.29) is 5.41 Å². The largest absolute Gasteiger partial charge is 0.314 e. The summed E-state index contributed by atoms with van der Waals surface area (Å²) in [5, 5.41) is 12.5. The molecular formula is C14H26N2. The Morgan fingerprint density at radius 2 is 1.94 bits per heavy atom. The van der Waals surface area contributed by atoms with Crippen molar-refractivity contribution in [1.29, 1.82) is 5.26 Å². The van der Waals surface area contributed by atoms with Gasteiger partial charge >= 0.3 is 0 Å². The van der Waals surface area contributed by atoms with E-state index in [2.05, 4.69) is 25.2 Å². The zero-order valence-corrected chi connectivity index (χ0v) is 11.2. The molecule has 1 rings (SSSR count). The van der Waals surface area contributed by atoms with E-state index in [1.54, 1.807) is 0 Å². The minimum atomic E-state index is -0.180. The van der Waals surface area contributed by atoms with E-state index in [1.165, 1.54) is 19.3 Å². The normalized spacial score (nSPS) is 31.1. The van der Waals surface area contributed by atoms with Crippen molar-refractivity contribution in [1.82, 2.24) is 5.32 Å². The second kappa shape index (κ2) is 5.68.